The maximum Gasteiger partial charge on any atom is 0.475 e. The van der Waals surface area contributed by atoms with E-state index in [1.807, 2.05) is 0 Å². The smallest absolute Gasteiger partial charge is 0.393 e. The van der Waals surface area contributed by atoms with Crippen LogP contribution in [0.5, 0.6) is 0 Å². The Morgan fingerprint density at radius 2 is 0.930 bits per heavy atom. The summed E-state index contributed by atoms with van der Waals surface area (Å²) in [5.74, 6) is 0. The molecule has 0 aliphatic carbocycles. The number of unbranched alkanes of at least 4 members (excludes halogenated alkanes) is 10. The van der Waals surface area contributed by atoms with Crippen molar-refractivity contribution in [2.24, 2.45) is 10.2 Å². The maximum atomic E-state index is 13.3. The third-order valence-corrected chi connectivity index (χ3v) is 11.2. The van der Waals surface area contributed by atoms with Crippen molar-refractivity contribution in [1.82, 2.24) is 0 Å². The van der Waals surface area contributed by atoms with Crippen molar-refractivity contribution < 1.29 is 56.0 Å². The van der Waals surface area contributed by atoms with Crippen LogP contribution in [0.1, 0.15) is 123 Å². The molecule has 0 fully saturated rings. The number of rotatable bonds is 44. The molecule has 0 saturated heterocycles. The summed E-state index contributed by atoms with van der Waals surface area (Å²) in [6.07, 6.45) is 16.6. The van der Waals surface area contributed by atoms with Crippen LogP contribution < -0.4 is 0 Å². The van der Waals surface area contributed by atoms with Gasteiger partial charge in [0.25, 0.3) is 0 Å². The van der Waals surface area contributed by atoms with E-state index in [2.05, 4.69) is 47.1 Å². The summed E-state index contributed by atoms with van der Waals surface area (Å²) in [6.45, 7) is 11.1. The van der Waals surface area contributed by atoms with Gasteiger partial charge >= 0.3 is 15.6 Å². The second-order valence-electron chi connectivity index (χ2n) is 13.5. The van der Waals surface area contributed by atoms with Crippen molar-refractivity contribution >= 4 is 15.6 Å². The summed E-state index contributed by atoms with van der Waals surface area (Å²) in [6, 6.07) is -1.63. The van der Waals surface area contributed by atoms with Crippen LogP contribution in [0, 0.1) is 0 Å². The zero-order valence-corrected chi connectivity index (χ0v) is 36.3. The minimum absolute atomic E-state index is 0.0108. The minimum atomic E-state index is -4.06. The Hall–Kier alpha value is -1.84. The Balaban J connectivity index is 4.71. The van der Waals surface area contributed by atoms with Crippen LogP contribution in [0.4, 0.5) is 0 Å². The van der Waals surface area contributed by atoms with Gasteiger partial charge in [-0.25, -0.2) is 9.13 Å². The average molecular weight is 855 g/mol. The Bertz CT molecular complexity index is 1110. The summed E-state index contributed by atoms with van der Waals surface area (Å²) < 4.78 is 70.2. The van der Waals surface area contributed by atoms with E-state index >= 15 is 0 Å². The molecule has 0 bridgehead atoms. The molecule has 0 rings (SSSR count). The Morgan fingerprint density at radius 1 is 0.544 bits per heavy atom. The normalized spacial score (nSPS) is 15.6. The largest absolute Gasteiger partial charge is 0.475 e. The van der Waals surface area contributed by atoms with Crippen LogP contribution in [0.15, 0.2) is 35.5 Å². The number of aliphatic hydroxyl groups is 2. The molecule has 2 N–H and O–H groups in total. The van der Waals surface area contributed by atoms with Gasteiger partial charge in [0, 0.05) is 23.0 Å². The molecular weight excluding hydrogens is 782 g/mol. The highest BCUT2D eigenvalue weighted by atomic mass is 31.2. The lowest BCUT2D eigenvalue weighted by Gasteiger charge is -2.20. The van der Waals surface area contributed by atoms with Crippen LogP contribution in [-0.2, 0) is 45.7 Å². The highest BCUT2D eigenvalue weighted by molar-refractivity contribution is 7.48. The van der Waals surface area contributed by atoms with Gasteiger partial charge in [0.2, 0.25) is 0 Å². The molecule has 0 spiro atoms. The zero-order valence-electron chi connectivity index (χ0n) is 34.5. The van der Waals surface area contributed by atoms with Crippen molar-refractivity contribution in [3.05, 3.63) is 46.2 Å². The lowest BCUT2D eigenvalue weighted by Crippen LogP contribution is -2.21. The monoisotopic (exact) mass is 854 g/mol. The van der Waals surface area contributed by atoms with Gasteiger partial charge in [0.15, 0.2) is 0 Å². The highest BCUT2D eigenvalue weighted by Gasteiger charge is 2.29. The molecule has 0 amide bonds. The molecule has 0 aromatic rings. The van der Waals surface area contributed by atoms with Crippen molar-refractivity contribution in [2.45, 2.75) is 147 Å². The molecule has 0 aromatic heterocycles. The van der Waals surface area contributed by atoms with Crippen LogP contribution in [-0.4, -0.2) is 101 Å². The lowest BCUT2D eigenvalue weighted by atomic mass is 10.1. The molecule has 0 aliphatic heterocycles. The molecule has 6 atom stereocenters. The van der Waals surface area contributed by atoms with Gasteiger partial charge in [-0.2, -0.15) is 0 Å². The first kappa shape index (κ1) is 55.2. The van der Waals surface area contributed by atoms with Crippen LogP contribution in [0.3, 0.4) is 0 Å². The van der Waals surface area contributed by atoms with Crippen molar-refractivity contribution in [3.63, 3.8) is 0 Å². The molecule has 4 unspecified atom stereocenters. The van der Waals surface area contributed by atoms with Crippen LogP contribution in [0.25, 0.3) is 20.9 Å². The summed E-state index contributed by atoms with van der Waals surface area (Å²) in [5, 5.41) is 27.7. The van der Waals surface area contributed by atoms with Crippen LogP contribution >= 0.6 is 15.6 Å². The molecule has 20 heteroatoms. The fourth-order valence-electron chi connectivity index (χ4n) is 5.11. The molecule has 0 aliphatic rings. The van der Waals surface area contributed by atoms with Crippen LogP contribution in [0.2, 0.25) is 0 Å². The van der Waals surface area contributed by atoms with Crippen molar-refractivity contribution in [3.8, 4) is 0 Å². The molecule has 0 heterocycles. The third-order valence-electron chi connectivity index (χ3n) is 8.36. The first-order valence-electron chi connectivity index (χ1n) is 20.5. The van der Waals surface area contributed by atoms with Crippen molar-refractivity contribution in [2.75, 3.05) is 66.1 Å². The second-order valence-corrected chi connectivity index (χ2v) is 16.9. The number of hydrogen-bond donors (Lipinski definition) is 2. The number of hydrogen-bond acceptors (Lipinski definition) is 14. The summed E-state index contributed by atoms with van der Waals surface area (Å²) in [4.78, 5) is 5.64. The van der Waals surface area contributed by atoms with Gasteiger partial charge < -0.3 is 19.7 Å². The van der Waals surface area contributed by atoms with E-state index in [0.29, 0.717) is 44.9 Å². The van der Waals surface area contributed by atoms with Crippen molar-refractivity contribution in [1.29, 1.82) is 0 Å². The van der Waals surface area contributed by atoms with E-state index < -0.39 is 39.9 Å². The van der Waals surface area contributed by atoms with E-state index in [4.69, 9.17) is 47.7 Å². The molecule has 0 saturated carbocycles. The second kappa shape index (κ2) is 38.4. The number of aliphatic hydroxyl groups excluding tert-OH is 2. The highest BCUT2D eigenvalue weighted by Crippen LogP contribution is 2.51. The number of phosphoric acid groups is 2. The van der Waals surface area contributed by atoms with Gasteiger partial charge in [0.1, 0.15) is 0 Å². The molecule has 332 valence electrons. The fraction of sp³-hybridized carbons (Fsp3) is 0.892. The summed E-state index contributed by atoms with van der Waals surface area (Å²) >= 11 is 0. The molecule has 57 heavy (non-hydrogen) atoms. The first-order valence-corrected chi connectivity index (χ1v) is 23.4. The van der Waals surface area contributed by atoms with E-state index in [-0.39, 0.29) is 66.1 Å². The summed E-state index contributed by atoms with van der Waals surface area (Å²) in [5.41, 5.74) is 18.0. The van der Waals surface area contributed by atoms with Gasteiger partial charge in [-0.05, 0) is 56.0 Å². The number of nitrogens with zero attached hydrogens (tertiary/aromatic N) is 6. The van der Waals surface area contributed by atoms with E-state index in [9.17, 15) is 19.3 Å². The lowest BCUT2D eigenvalue weighted by molar-refractivity contribution is 0.0567. The predicted octanol–water partition coefficient (Wildman–Crippen LogP) is 10.5. The molecule has 0 aromatic carbocycles. The van der Waals surface area contributed by atoms with Gasteiger partial charge in [-0.1, -0.05) is 100 Å². The van der Waals surface area contributed by atoms with Gasteiger partial charge in [-0.3, -0.25) is 27.1 Å². The minimum Gasteiger partial charge on any atom is -0.393 e. The number of ether oxygens (including phenoxy) is 2. The third kappa shape index (κ3) is 33.7. The Kier molecular flexibility index (Phi) is 37.1. The van der Waals surface area contributed by atoms with E-state index in [0.717, 1.165) is 51.4 Å². The zero-order chi connectivity index (χ0) is 42.3. The number of azide groups is 2. The topological polar surface area (TPSA) is 246 Å². The SMILES string of the molecule is C=CCOP(=O)(OCCCCCOP(=O)(OCC=C)OCC(COCC[C@@H](O)CCCCCCC)N=[N+]=[N-])OCC(COCC[C@H](O)CCCCCCC)N=[N+]=[N-]. The number of phosphoric ester groups is 2. The molecular formula is C37H72N6O12P2. The van der Waals surface area contributed by atoms with E-state index in [1.54, 1.807) is 0 Å². The fourth-order valence-corrected chi connectivity index (χ4v) is 7.55. The van der Waals surface area contributed by atoms with Gasteiger partial charge in [-0.15, -0.1) is 13.2 Å². The van der Waals surface area contributed by atoms with E-state index in [1.165, 1.54) is 25.0 Å². The quantitative estimate of drug-likeness (QED) is 0.0145. The summed E-state index contributed by atoms with van der Waals surface area (Å²) in [7, 11) is -8.13. The first-order chi connectivity index (χ1) is 27.6. The Morgan fingerprint density at radius 3 is 1.30 bits per heavy atom. The Labute approximate surface area is 340 Å². The average Bonchev–Trinajstić information content (AvgIpc) is 3.20. The maximum absolute atomic E-state index is 13.3. The molecule has 18 nitrogen and oxygen atoms in total. The predicted molar refractivity (Wildman–Crippen MR) is 221 cm³/mol. The van der Waals surface area contributed by atoms with Gasteiger partial charge in [0.05, 0.1) is 77.1 Å². The standard InChI is InChI=1S/C37H72N6O12P2/c1-5-9-11-13-16-20-36(44)22-28-48-30-34(40-42-38)32-54-56(46,50-24-7-3)52-26-18-15-19-27-53-57(47,51-25-8-4)55-33-35(41-43-39)31-49-29-23-37(45)21-17-14-12-10-6-2/h7-8,34-37,44-45H,3-6,9-33H2,1-2H3/t34?,35?,36-,37+,56?,57?. The molecule has 0 radical (unpaired) electrons.